The number of hydrogen-bond acceptors (Lipinski definition) is 4. The van der Waals surface area contributed by atoms with Gasteiger partial charge in [0.15, 0.2) is 6.10 Å². The summed E-state index contributed by atoms with van der Waals surface area (Å²) in [4.78, 5) is 24.0. The molecule has 0 aliphatic rings. The molecule has 0 fully saturated rings. The van der Waals surface area contributed by atoms with Crippen LogP contribution >= 0.6 is 0 Å². The van der Waals surface area contributed by atoms with Gasteiger partial charge < -0.3 is 9.47 Å². The maximum atomic E-state index is 12.1. The smallest absolute Gasteiger partial charge is 0.307 e. The normalized spacial score (nSPS) is 14.0. The van der Waals surface area contributed by atoms with Gasteiger partial charge in [-0.25, -0.2) is 0 Å². The summed E-state index contributed by atoms with van der Waals surface area (Å²) in [5.41, 5.74) is 0.744. The van der Waals surface area contributed by atoms with Gasteiger partial charge in [0.25, 0.3) is 0 Å². The Kier molecular flexibility index (Phi) is 12.5. The first kappa shape index (κ1) is 24.2. The van der Waals surface area contributed by atoms with E-state index in [4.69, 9.17) is 9.47 Å². The third-order valence-electron chi connectivity index (χ3n) is 4.14. The fourth-order valence-electron chi connectivity index (χ4n) is 2.59. The quantitative estimate of drug-likeness (QED) is 0.380. The lowest BCUT2D eigenvalue weighted by Crippen LogP contribution is -2.24. The van der Waals surface area contributed by atoms with Crippen molar-refractivity contribution in [2.75, 3.05) is 0 Å². The predicted octanol–water partition coefficient (Wildman–Crippen LogP) is 5.06. The zero-order valence-electron chi connectivity index (χ0n) is 17.4. The summed E-state index contributed by atoms with van der Waals surface area (Å²) in [5, 5.41) is 0. The van der Waals surface area contributed by atoms with Gasteiger partial charge >= 0.3 is 11.9 Å². The number of esters is 2. The van der Waals surface area contributed by atoms with E-state index in [2.05, 4.69) is 25.3 Å². The van der Waals surface area contributed by atoms with Crippen molar-refractivity contribution in [1.82, 2.24) is 0 Å². The van der Waals surface area contributed by atoms with Crippen molar-refractivity contribution in [2.45, 2.75) is 92.3 Å². The first-order valence-corrected chi connectivity index (χ1v) is 9.77. The molecular weight excluding hydrogens is 328 g/mol. The van der Waals surface area contributed by atoms with Gasteiger partial charge in [0.05, 0.1) is 0 Å². The summed E-state index contributed by atoms with van der Waals surface area (Å²) >= 11 is 0. The first-order valence-electron chi connectivity index (χ1n) is 9.77. The topological polar surface area (TPSA) is 52.6 Å². The minimum Gasteiger partial charge on any atom is -0.462 e. The van der Waals surface area contributed by atoms with E-state index >= 15 is 0 Å². The van der Waals surface area contributed by atoms with Crippen LogP contribution in [-0.2, 0) is 19.1 Å². The lowest BCUT2D eigenvalue weighted by molar-refractivity contribution is -0.152. The van der Waals surface area contributed by atoms with Gasteiger partial charge in [-0.2, -0.15) is 0 Å². The van der Waals surface area contributed by atoms with Gasteiger partial charge in [-0.05, 0) is 37.7 Å². The van der Waals surface area contributed by atoms with Crippen molar-refractivity contribution >= 4 is 11.9 Å². The Bertz CT molecular complexity index is 510. The largest absolute Gasteiger partial charge is 0.462 e. The molecule has 0 N–H and O–H groups in total. The number of carbonyl (C=O) groups excluding carboxylic acids is 2. The molecule has 0 radical (unpaired) electrons. The van der Waals surface area contributed by atoms with Crippen molar-refractivity contribution in [3.63, 3.8) is 0 Å². The number of ether oxygens (including phenoxy) is 2. The fraction of sp³-hybridized carbons (Fsp3) is 0.727. The second-order valence-corrected chi connectivity index (χ2v) is 7.26. The summed E-state index contributed by atoms with van der Waals surface area (Å²) in [6, 6.07) is 0. The van der Waals surface area contributed by atoms with Crippen molar-refractivity contribution in [3.8, 4) is 11.8 Å². The highest BCUT2D eigenvalue weighted by Crippen LogP contribution is 2.16. The third-order valence-corrected chi connectivity index (χ3v) is 4.14. The SMILES string of the molecule is C=C(C)C#CC(OC(=O)CCCC(=O)OC(CC)C(C)C)C(C)CCC. The van der Waals surface area contributed by atoms with Crippen molar-refractivity contribution < 1.29 is 19.1 Å². The van der Waals surface area contributed by atoms with Crippen molar-refractivity contribution in [3.05, 3.63) is 12.2 Å². The zero-order valence-corrected chi connectivity index (χ0v) is 17.4. The molecule has 0 saturated carbocycles. The van der Waals surface area contributed by atoms with Crippen molar-refractivity contribution in [1.29, 1.82) is 0 Å². The number of hydrogen-bond donors (Lipinski definition) is 0. The van der Waals surface area contributed by atoms with Crippen LogP contribution in [0.15, 0.2) is 12.2 Å². The molecular formula is C22H36O4. The average Bonchev–Trinajstić information content (AvgIpc) is 2.56. The van der Waals surface area contributed by atoms with E-state index in [0.29, 0.717) is 12.3 Å². The lowest BCUT2D eigenvalue weighted by Gasteiger charge is -2.20. The van der Waals surface area contributed by atoms with Crippen LogP contribution < -0.4 is 0 Å². The molecule has 3 atom stereocenters. The van der Waals surface area contributed by atoms with E-state index in [9.17, 15) is 9.59 Å². The lowest BCUT2D eigenvalue weighted by atomic mass is 9.99. The monoisotopic (exact) mass is 364 g/mol. The summed E-state index contributed by atoms with van der Waals surface area (Å²) in [7, 11) is 0. The second-order valence-electron chi connectivity index (χ2n) is 7.26. The standard InChI is InChI=1S/C22H36O4/c1-8-11-18(7)20(15-14-16(3)4)26-22(24)13-10-12-21(23)25-19(9-2)17(5)6/h17-20H,3,8-13H2,1-2,4-7H3. The average molecular weight is 365 g/mol. The minimum atomic E-state index is -0.434. The molecule has 4 nitrogen and oxygen atoms in total. The third kappa shape index (κ3) is 11.0. The minimum absolute atomic E-state index is 0.0638. The number of allylic oxidation sites excluding steroid dienone is 1. The maximum absolute atomic E-state index is 12.1. The zero-order chi connectivity index (χ0) is 20.1. The Morgan fingerprint density at radius 3 is 2.08 bits per heavy atom. The molecule has 0 saturated heterocycles. The molecule has 0 bridgehead atoms. The van der Waals surface area contributed by atoms with E-state index < -0.39 is 6.10 Å². The van der Waals surface area contributed by atoms with Crippen LogP contribution in [0.1, 0.15) is 80.1 Å². The van der Waals surface area contributed by atoms with Gasteiger partial charge in [0, 0.05) is 18.8 Å². The first-order chi connectivity index (χ1) is 12.2. The Morgan fingerprint density at radius 1 is 1.04 bits per heavy atom. The van der Waals surface area contributed by atoms with Gasteiger partial charge in [0.2, 0.25) is 0 Å². The number of carbonyl (C=O) groups is 2. The van der Waals surface area contributed by atoms with E-state index in [-0.39, 0.29) is 36.8 Å². The fourth-order valence-corrected chi connectivity index (χ4v) is 2.59. The van der Waals surface area contributed by atoms with Crippen molar-refractivity contribution in [2.24, 2.45) is 11.8 Å². The molecule has 0 aromatic heterocycles. The Balaban J connectivity index is 4.45. The molecule has 148 valence electrons. The molecule has 0 amide bonds. The molecule has 0 spiro atoms. The number of rotatable bonds is 11. The van der Waals surface area contributed by atoms with Crippen LogP contribution in [0.2, 0.25) is 0 Å². The highest BCUT2D eigenvalue weighted by Gasteiger charge is 2.20. The van der Waals surface area contributed by atoms with Gasteiger partial charge in [-0.15, -0.1) is 0 Å². The van der Waals surface area contributed by atoms with E-state index in [1.807, 2.05) is 34.6 Å². The molecule has 0 aliphatic heterocycles. The highest BCUT2D eigenvalue weighted by molar-refractivity contribution is 5.73. The van der Waals surface area contributed by atoms with Crippen LogP contribution in [0, 0.1) is 23.7 Å². The van der Waals surface area contributed by atoms with Crippen LogP contribution in [0.4, 0.5) is 0 Å². The predicted molar refractivity (Wildman–Crippen MR) is 105 cm³/mol. The summed E-state index contributed by atoms with van der Waals surface area (Å²) in [5.74, 6) is 5.79. The van der Waals surface area contributed by atoms with Crippen LogP contribution in [0.25, 0.3) is 0 Å². The summed E-state index contributed by atoms with van der Waals surface area (Å²) in [6.45, 7) is 15.8. The van der Waals surface area contributed by atoms with Gasteiger partial charge in [-0.1, -0.05) is 59.5 Å². The highest BCUT2D eigenvalue weighted by atomic mass is 16.5. The van der Waals surface area contributed by atoms with E-state index in [1.165, 1.54) is 0 Å². The van der Waals surface area contributed by atoms with Crippen LogP contribution in [0.3, 0.4) is 0 Å². The Labute approximate surface area is 159 Å². The molecule has 0 aliphatic carbocycles. The molecule has 0 aromatic rings. The van der Waals surface area contributed by atoms with Gasteiger partial charge in [-0.3, -0.25) is 9.59 Å². The maximum Gasteiger partial charge on any atom is 0.307 e. The van der Waals surface area contributed by atoms with E-state index in [1.54, 1.807) is 0 Å². The molecule has 26 heavy (non-hydrogen) atoms. The molecule has 3 unspecified atom stereocenters. The van der Waals surface area contributed by atoms with Crippen LogP contribution in [-0.4, -0.2) is 24.1 Å². The summed E-state index contributed by atoms with van der Waals surface area (Å²) < 4.78 is 11.0. The Morgan fingerprint density at radius 2 is 1.62 bits per heavy atom. The van der Waals surface area contributed by atoms with Crippen LogP contribution in [0.5, 0.6) is 0 Å². The Hall–Kier alpha value is -1.76. The van der Waals surface area contributed by atoms with E-state index in [0.717, 1.165) is 24.8 Å². The summed E-state index contributed by atoms with van der Waals surface area (Å²) in [6.07, 6.45) is 3.08. The molecule has 0 aromatic carbocycles. The molecule has 4 heteroatoms. The molecule has 0 heterocycles. The molecule has 0 rings (SSSR count). The second kappa shape index (κ2) is 13.4. The van der Waals surface area contributed by atoms with Gasteiger partial charge in [0.1, 0.15) is 6.10 Å².